The van der Waals surface area contributed by atoms with Gasteiger partial charge in [0.05, 0.1) is 0 Å². The molecule has 1 nitrogen and oxygen atoms in total. The van der Waals surface area contributed by atoms with Crippen LogP contribution in [0.3, 0.4) is 0 Å². The van der Waals surface area contributed by atoms with Crippen LogP contribution in [0.1, 0.15) is 44.0 Å². The van der Waals surface area contributed by atoms with Gasteiger partial charge in [0.25, 0.3) is 0 Å². The van der Waals surface area contributed by atoms with Crippen molar-refractivity contribution in [2.24, 2.45) is 5.92 Å². The average Bonchev–Trinajstić information content (AvgIpc) is 2.46. The molecule has 0 saturated heterocycles. The van der Waals surface area contributed by atoms with E-state index in [-0.39, 0.29) is 0 Å². The third-order valence-electron chi connectivity index (χ3n) is 3.70. The molecule has 0 bridgehead atoms. The zero-order chi connectivity index (χ0) is 15.4. The summed E-state index contributed by atoms with van der Waals surface area (Å²) in [6.45, 7) is 6.68. The van der Waals surface area contributed by atoms with Crippen LogP contribution in [-0.2, 0) is 0 Å². The van der Waals surface area contributed by atoms with Crippen molar-refractivity contribution >= 4 is 27.5 Å². The molecule has 21 heavy (non-hydrogen) atoms. The van der Waals surface area contributed by atoms with Crippen molar-refractivity contribution in [3.8, 4) is 0 Å². The van der Waals surface area contributed by atoms with Gasteiger partial charge in [0.15, 0.2) is 0 Å². The third-order valence-corrected chi connectivity index (χ3v) is 4.48. The minimum Gasteiger partial charge on any atom is -0.303 e. The van der Waals surface area contributed by atoms with Gasteiger partial charge in [-0.15, -0.1) is 0 Å². The summed E-state index contributed by atoms with van der Waals surface area (Å²) in [6.07, 6.45) is 0. The predicted octanol–water partition coefficient (Wildman–Crippen LogP) is 6.15. The molecule has 3 heteroatoms. The second kappa shape index (κ2) is 7.44. The first-order valence-corrected chi connectivity index (χ1v) is 8.41. The summed E-state index contributed by atoms with van der Waals surface area (Å²) >= 11 is 9.47. The van der Waals surface area contributed by atoms with E-state index >= 15 is 0 Å². The van der Waals surface area contributed by atoms with Crippen molar-refractivity contribution in [1.29, 1.82) is 0 Å². The van der Waals surface area contributed by atoms with E-state index in [4.69, 9.17) is 11.6 Å². The molecule has 0 aliphatic heterocycles. The Morgan fingerprint density at radius 1 is 0.857 bits per heavy atom. The van der Waals surface area contributed by atoms with Crippen molar-refractivity contribution in [2.45, 2.75) is 32.9 Å². The van der Waals surface area contributed by atoms with Crippen LogP contribution in [0.15, 0.2) is 53.0 Å². The minimum absolute atomic E-state index is 0.293. The van der Waals surface area contributed by atoms with E-state index in [1.807, 2.05) is 12.1 Å². The molecular weight excluding hydrogens is 346 g/mol. The Morgan fingerprint density at radius 3 is 1.90 bits per heavy atom. The van der Waals surface area contributed by atoms with E-state index < -0.39 is 0 Å². The molecule has 0 amide bonds. The van der Waals surface area contributed by atoms with Crippen molar-refractivity contribution in [2.75, 3.05) is 0 Å². The maximum atomic E-state index is 5.99. The fraction of sp³-hybridized carbons (Fsp3) is 0.333. The zero-order valence-electron chi connectivity index (χ0n) is 12.6. The maximum absolute atomic E-state index is 5.99. The van der Waals surface area contributed by atoms with Gasteiger partial charge in [-0.3, -0.25) is 0 Å². The van der Waals surface area contributed by atoms with E-state index in [0.29, 0.717) is 18.0 Å². The summed E-state index contributed by atoms with van der Waals surface area (Å²) in [5, 5.41) is 4.51. The predicted molar refractivity (Wildman–Crippen MR) is 94.7 cm³/mol. The molecule has 0 aliphatic carbocycles. The lowest BCUT2D eigenvalue weighted by atomic mass is 9.94. The third kappa shape index (κ3) is 4.57. The molecule has 2 unspecified atom stereocenters. The highest BCUT2D eigenvalue weighted by Crippen LogP contribution is 2.27. The average molecular weight is 367 g/mol. The molecule has 0 spiro atoms. The van der Waals surface area contributed by atoms with Gasteiger partial charge in [-0.1, -0.05) is 65.6 Å². The molecule has 1 N–H and O–H groups in total. The smallest absolute Gasteiger partial charge is 0.0406 e. The molecule has 0 heterocycles. The number of halogens is 2. The Labute approximate surface area is 140 Å². The Bertz CT molecular complexity index is 563. The standard InChI is InChI=1S/C18H21BrClN/c1-12(2)18(15-6-10-17(20)11-7-15)21-13(3)14-4-8-16(19)9-5-14/h4-13,18,21H,1-3H3. The first kappa shape index (κ1) is 16.5. The van der Waals surface area contributed by atoms with E-state index in [1.165, 1.54) is 11.1 Å². The van der Waals surface area contributed by atoms with E-state index in [1.54, 1.807) is 0 Å². The highest BCUT2D eigenvalue weighted by atomic mass is 79.9. The monoisotopic (exact) mass is 365 g/mol. The quantitative estimate of drug-likeness (QED) is 0.669. The van der Waals surface area contributed by atoms with Crippen LogP contribution in [0.25, 0.3) is 0 Å². The highest BCUT2D eigenvalue weighted by Gasteiger charge is 2.18. The lowest BCUT2D eigenvalue weighted by Gasteiger charge is -2.27. The van der Waals surface area contributed by atoms with Crippen molar-refractivity contribution in [3.63, 3.8) is 0 Å². The normalized spacial score (nSPS) is 14.2. The lowest BCUT2D eigenvalue weighted by molar-refractivity contribution is 0.374. The molecule has 0 aromatic heterocycles. The summed E-state index contributed by atoms with van der Waals surface area (Å²) in [6, 6.07) is 17.2. The first-order chi connectivity index (χ1) is 9.97. The van der Waals surface area contributed by atoms with Gasteiger partial charge in [0.2, 0.25) is 0 Å². The second-order valence-corrected chi connectivity index (χ2v) is 7.07. The van der Waals surface area contributed by atoms with Gasteiger partial charge in [0.1, 0.15) is 0 Å². The Kier molecular flexibility index (Phi) is 5.86. The second-order valence-electron chi connectivity index (χ2n) is 5.71. The van der Waals surface area contributed by atoms with Crippen LogP contribution in [0.5, 0.6) is 0 Å². The molecular formula is C18H21BrClN. The minimum atomic E-state index is 0.293. The molecule has 0 radical (unpaired) electrons. The van der Waals surface area contributed by atoms with Gasteiger partial charge in [-0.05, 0) is 48.2 Å². The van der Waals surface area contributed by atoms with Gasteiger partial charge in [0, 0.05) is 21.6 Å². The number of rotatable bonds is 5. The summed E-state index contributed by atoms with van der Waals surface area (Å²) in [4.78, 5) is 0. The topological polar surface area (TPSA) is 12.0 Å². The van der Waals surface area contributed by atoms with Crippen LogP contribution < -0.4 is 5.32 Å². The van der Waals surface area contributed by atoms with Crippen molar-refractivity contribution in [1.82, 2.24) is 5.32 Å². The molecule has 0 saturated carbocycles. The Balaban J connectivity index is 2.16. The van der Waals surface area contributed by atoms with Gasteiger partial charge in [-0.25, -0.2) is 0 Å². The fourth-order valence-corrected chi connectivity index (χ4v) is 2.85. The Hall–Kier alpha value is -0.830. The Morgan fingerprint density at radius 2 is 1.38 bits per heavy atom. The molecule has 2 atom stereocenters. The van der Waals surface area contributed by atoms with E-state index in [0.717, 1.165) is 9.50 Å². The van der Waals surface area contributed by atoms with Crippen molar-refractivity contribution in [3.05, 3.63) is 69.2 Å². The van der Waals surface area contributed by atoms with E-state index in [2.05, 4.69) is 78.4 Å². The summed E-state index contributed by atoms with van der Waals surface area (Å²) in [5.74, 6) is 0.504. The van der Waals surface area contributed by atoms with Crippen LogP contribution >= 0.6 is 27.5 Å². The van der Waals surface area contributed by atoms with Crippen LogP contribution in [0.2, 0.25) is 5.02 Å². The largest absolute Gasteiger partial charge is 0.303 e. The fourth-order valence-electron chi connectivity index (χ4n) is 2.46. The number of hydrogen-bond donors (Lipinski definition) is 1. The van der Waals surface area contributed by atoms with Gasteiger partial charge >= 0.3 is 0 Å². The number of nitrogens with one attached hydrogen (secondary N) is 1. The van der Waals surface area contributed by atoms with E-state index in [9.17, 15) is 0 Å². The molecule has 0 fully saturated rings. The number of benzene rings is 2. The van der Waals surface area contributed by atoms with Crippen molar-refractivity contribution < 1.29 is 0 Å². The summed E-state index contributed by atoms with van der Waals surface area (Å²) in [7, 11) is 0. The van der Waals surface area contributed by atoms with Gasteiger partial charge < -0.3 is 5.32 Å². The van der Waals surface area contributed by atoms with Gasteiger partial charge in [-0.2, -0.15) is 0 Å². The molecule has 112 valence electrons. The molecule has 2 rings (SSSR count). The zero-order valence-corrected chi connectivity index (χ0v) is 14.9. The summed E-state index contributed by atoms with van der Waals surface area (Å²) in [5.41, 5.74) is 2.57. The van der Waals surface area contributed by atoms with Crippen LogP contribution in [0, 0.1) is 5.92 Å². The molecule has 2 aromatic carbocycles. The lowest BCUT2D eigenvalue weighted by Crippen LogP contribution is -2.28. The van der Waals surface area contributed by atoms with Crippen LogP contribution in [0.4, 0.5) is 0 Å². The molecule has 2 aromatic rings. The van der Waals surface area contributed by atoms with Crippen LogP contribution in [-0.4, -0.2) is 0 Å². The summed E-state index contributed by atoms with van der Waals surface area (Å²) < 4.78 is 1.11. The maximum Gasteiger partial charge on any atom is 0.0406 e. The SMILES string of the molecule is CC(NC(c1ccc(Cl)cc1)C(C)C)c1ccc(Br)cc1. The molecule has 0 aliphatic rings. The number of hydrogen-bond acceptors (Lipinski definition) is 1. The first-order valence-electron chi connectivity index (χ1n) is 7.24. The highest BCUT2D eigenvalue weighted by molar-refractivity contribution is 9.10.